The van der Waals surface area contributed by atoms with Crippen molar-refractivity contribution in [1.29, 1.82) is 0 Å². The van der Waals surface area contributed by atoms with Gasteiger partial charge in [-0.1, -0.05) is 19.8 Å². The molecule has 2 aliphatic rings. The number of carbonyl (C=O) groups is 1. The number of nitrogens with one attached hydrogen (secondary N) is 1. The number of carbonyl (C=O) groups excluding carboxylic acids is 1. The third kappa shape index (κ3) is 3.78. The van der Waals surface area contributed by atoms with Crippen LogP contribution in [0.4, 0.5) is 0 Å². The van der Waals surface area contributed by atoms with Gasteiger partial charge in [-0.15, -0.1) is 0 Å². The first-order chi connectivity index (χ1) is 9.98. The molecule has 2 unspecified atom stereocenters. The standard InChI is InChI=1S/C17H33N3O/c1-5-17(2)16(21)20(13-9-8-12-19(3)4)15(18-17)14-10-6-7-11-14/h14-15,18H,5-13H2,1-4H3. The predicted molar refractivity (Wildman–Crippen MR) is 87.1 cm³/mol. The number of hydrogen-bond donors (Lipinski definition) is 1. The highest BCUT2D eigenvalue weighted by Gasteiger charge is 2.48. The van der Waals surface area contributed by atoms with Crippen LogP contribution in [0, 0.1) is 5.92 Å². The fraction of sp³-hybridized carbons (Fsp3) is 0.941. The largest absolute Gasteiger partial charge is 0.325 e. The molecule has 1 saturated carbocycles. The fourth-order valence-electron chi connectivity index (χ4n) is 3.76. The summed E-state index contributed by atoms with van der Waals surface area (Å²) in [5, 5.41) is 3.67. The molecule has 0 bridgehead atoms. The van der Waals surface area contributed by atoms with Gasteiger partial charge in [-0.2, -0.15) is 0 Å². The molecule has 0 aromatic heterocycles. The van der Waals surface area contributed by atoms with E-state index in [4.69, 9.17) is 0 Å². The van der Waals surface area contributed by atoms with E-state index in [0.29, 0.717) is 11.8 Å². The molecule has 1 heterocycles. The first kappa shape index (κ1) is 16.8. The molecular weight excluding hydrogens is 262 g/mol. The van der Waals surface area contributed by atoms with Gasteiger partial charge in [-0.25, -0.2) is 0 Å². The van der Waals surface area contributed by atoms with Crippen LogP contribution in [0.3, 0.4) is 0 Å². The molecule has 2 rings (SSSR count). The maximum atomic E-state index is 12.8. The Morgan fingerprint density at radius 1 is 1.29 bits per heavy atom. The average molecular weight is 295 g/mol. The van der Waals surface area contributed by atoms with Crippen LogP contribution in [-0.4, -0.2) is 54.6 Å². The lowest BCUT2D eigenvalue weighted by atomic mass is 9.99. The van der Waals surface area contributed by atoms with Crippen molar-refractivity contribution in [1.82, 2.24) is 15.1 Å². The Labute approximate surface area is 130 Å². The van der Waals surface area contributed by atoms with Gasteiger partial charge in [0, 0.05) is 6.54 Å². The molecule has 0 aromatic rings. The van der Waals surface area contributed by atoms with Gasteiger partial charge >= 0.3 is 0 Å². The maximum absolute atomic E-state index is 12.8. The second-order valence-electron chi connectivity index (χ2n) is 7.33. The Morgan fingerprint density at radius 2 is 1.95 bits per heavy atom. The molecule has 122 valence electrons. The predicted octanol–water partition coefficient (Wildman–Crippen LogP) is 2.45. The molecule has 1 N–H and O–H groups in total. The zero-order valence-corrected chi connectivity index (χ0v) is 14.3. The van der Waals surface area contributed by atoms with E-state index >= 15 is 0 Å². The van der Waals surface area contributed by atoms with Crippen molar-refractivity contribution in [3.8, 4) is 0 Å². The zero-order chi connectivity index (χ0) is 15.5. The quantitative estimate of drug-likeness (QED) is 0.733. The normalized spacial score (nSPS) is 30.8. The molecule has 0 aromatic carbocycles. The summed E-state index contributed by atoms with van der Waals surface area (Å²) in [7, 11) is 4.22. The number of unbranched alkanes of at least 4 members (excludes halogenated alkanes) is 1. The molecule has 1 aliphatic heterocycles. The molecular formula is C17H33N3O. The lowest BCUT2D eigenvalue weighted by Gasteiger charge is -2.29. The van der Waals surface area contributed by atoms with Crippen LogP contribution in [-0.2, 0) is 4.79 Å². The number of rotatable bonds is 7. The van der Waals surface area contributed by atoms with Crippen molar-refractivity contribution in [2.24, 2.45) is 5.92 Å². The van der Waals surface area contributed by atoms with E-state index in [0.717, 1.165) is 32.4 Å². The van der Waals surface area contributed by atoms with Crippen molar-refractivity contribution in [2.45, 2.75) is 70.5 Å². The first-order valence-corrected chi connectivity index (χ1v) is 8.71. The Morgan fingerprint density at radius 3 is 2.52 bits per heavy atom. The van der Waals surface area contributed by atoms with E-state index in [9.17, 15) is 4.79 Å². The summed E-state index contributed by atoms with van der Waals surface area (Å²) in [6, 6.07) is 0. The Kier molecular flexibility index (Phi) is 5.67. The number of hydrogen-bond acceptors (Lipinski definition) is 3. The van der Waals surface area contributed by atoms with Crippen LogP contribution in [0.1, 0.15) is 58.8 Å². The summed E-state index contributed by atoms with van der Waals surface area (Å²) in [6.45, 7) is 6.22. The summed E-state index contributed by atoms with van der Waals surface area (Å²) in [5.41, 5.74) is -0.338. The lowest BCUT2D eigenvalue weighted by molar-refractivity contribution is -0.133. The van der Waals surface area contributed by atoms with Crippen LogP contribution in [0.2, 0.25) is 0 Å². The third-order valence-electron chi connectivity index (χ3n) is 5.34. The Hall–Kier alpha value is -0.610. The van der Waals surface area contributed by atoms with E-state index in [1.165, 1.54) is 25.7 Å². The molecule has 1 aliphatic carbocycles. The number of amides is 1. The topological polar surface area (TPSA) is 35.6 Å². The zero-order valence-electron chi connectivity index (χ0n) is 14.3. The Bertz CT molecular complexity index is 352. The van der Waals surface area contributed by atoms with Crippen molar-refractivity contribution < 1.29 is 4.79 Å². The first-order valence-electron chi connectivity index (χ1n) is 8.71. The second kappa shape index (κ2) is 7.10. The SMILES string of the molecule is CCC1(C)NC(C2CCCC2)N(CCCCN(C)C)C1=O. The molecule has 4 nitrogen and oxygen atoms in total. The maximum Gasteiger partial charge on any atom is 0.243 e. The van der Waals surface area contributed by atoms with E-state index in [1.54, 1.807) is 0 Å². The lowest BCUT2D eigenvalue weighted by Crippen LogP contribution is -2.45. The van der Waals surface area contributed by atoms with Crippen molar-refractivity contribution in [2.75, 3.05) is 27.2 Å². The van der Waals surface area contributed by atoms with Gasteiger partial charge < -0.3 is 9.80 Å². The van der Waals surface area contributed by atoms with Crippen LogP contribution in [0.15, 0.2) is 0 Å². The minimum Gasteiger partial charge on any atom is -0.325 e. The fourth-order valence-corrected chi connectivity index (χ4v) is 3.76. The average Bonchev–Trinajstić information content (AvgIpc) is 3.05. The summed E-state index contributed by atoms with van der Waals surface area (Å²) < 4.78 is 0. The summed E-state index contributed by atoms with van der Waals surface area (Å²) >= 11 is 0. The third-order valence-corrected chi connectivity index (χ3v) is 5.34. The monoisotopic (exact) mass is 295 g/mol. The van der Waals surface area contributed by atoms with Crippen LogP contribution >= 0.6 is 0 Å². The Balaban J connectivity index is 1.97. The molecule has 1 saturated heterocycles. The molecule has 4 heteroatoms. The van der Waals surface area contributed by atoms with Crippen LogP contribution in [0.25, 0.3) is 0 Å². The summed E-state index contributed by atoms with van der Waals surface area (Å²) in [5.74, 6) is 0.989. The smallest absolute Gasteiger partial charge is 0.243 e. The van der Waals surface area contributed by atoms with Gasteiger partial charge in [0.2, 0.25) is 5.91 Å². The molecule has 2 atom stereocenters. The molecule has 2 fully saturated rings. The van der Waals surface area contributed by atoms with Gasteiger partial charge in [0.25, 0.3) is 0 Å². The molecule has 21 heavy (non-hydrogen) atoms. The molecule has 1 amide bonds. The minimum absolute atomic E-state index is 0.282. The summed E-state index contributed by atoms with van der Waals surface area (Å²) in [4.78, 5) is 17.2. The van der Waals surface area contributed by atoms with Crippen LogP contribution in [0.5, 0.6) is 0 Å². The second-order valence-corrected chi connectivity index (χ2v) is 7.33. The van der Waals surface area contributed by atoms with Gasteiger partial charge in [0.05, 0.1) is 11.7 Å². The van der Waals surface area contributed by atoms with E-state index in [1.807, 2.05) is 0 Å². The summed E-state index contributed by atoms with van der Waals surface area (Å²) in [6.07, 6.45) is 8.64. The van der Waals surface area contributed by atoms with Crippen molar-refractivity contribution >= 4 is 5.91 Å². The molecule has 0 radical (unpaired) electrons. The molecule has 0 spiro atoms. The highest BCUT2D eigenvalue weighted by Crippen LogP contribution is 2.35. The minimum atomic E-state index is -0.338. The van der Waals surface area contributed by atoms with Crippen molar-refractivity contribution in [3.63, 3.8) is 0 Å². The van der Waals surface area contributed by atoms with Crippen LogP contribution < -0.4 is 5.32 Å². The van der Waals surface area contributed by atoms with Gasteiger partial charge in [0.15, 0.2) is 0 Å². The highest BCUT2D eigenvalue weighted by molar-refractivity contribution is 5.88. The van der Waals surface area contributed by atoms with E-state index in [2.05, 4.69) is 43.1 Å². The van der Waals surface area contributed by atoms with Crippen molar-refractivity contribution in [3.05, 3.63) is 0 Å². The van der Waals surface area contributed by atoms with Gasteiger partial charge in [0.1, 0.15) is 0 Å². The number of nitrogens with zero attached hydrogens (tertiary/aromatic N) is 2. The van der Waals surface area contributed by atoms with Gasteiger partial charge in [-0.3, -0.25) is 10.1 Å². The van der Waals surface area contributed by atoms with E-state index < -0.39 is 0 Å². The van der Waals surface area contributed by atoms with E-state index in [-0.39, 0.29) is 11.7 Å². The highest BCUT2D eigenvalue weighted by atomic mass is 16.2. The van der Waals surface area contributed by atoms with Gasteiger partial charge in [-0.05, 0) is 65.6 Å².